The average Bonchev–Trinajstić information content (AvgIpc) is 2.43. The number of hydrogen-bond acceptors (Lipinski definition) is 2. The van der Waals surface area contributed by atoms with E-state index in [1.54, 1.807) is 42.5 Å². The number of nitrogens with one attached hydrogen (secondary N) is 1. The maximum absolute atomic E-state index is 12.0. The molecular weight excluding hydrogens is 274 g/mol. The van der Waals surface area contributed by atoms with Crippen molar-refractivity contribution in [2.45, 2.75) is 0 Å². The van der Waals surface area contributed by atoms with Crippen LogP contribution in [0, 0.1) is 0 Å². The molecule has 3 rings (SSSR count). The number of carbonyl (C=O) groups is 2. The molecule has 4 heteroatoms. The second-order valence-electron chi connectivity index (χ2n) is 4.44. The molecule has 0 radical (unpaired) electrons. The smallest absolute Gasteiger partial charge is 0.258 e. The molecule has 0 spiro atoms. The van der Waals surface area contributed by atoms with Crippen LogP contribution in [-0.2, 0) is 4.79 Å². The van der Waals surface area contributed by atoms with Crippen LogP contribution in [0.4, 0.5) is 0 Å². The summed E-state index contributed by atoms with van der Waals surface area (Å²) < 4.78 is 0. The van der Waals surface area contributed by atoms with Crippen LogP contribution in [0.15, 0.2) is 48.5 Å². The van der Waals surface area contributed by atoms with Crippen LogP contribution < -0.4 is 5.32 Å². The molecule has 1 N–H and O–H groups in total. The molecule has 0 fully saturated rings. The summed E-state index contributed by atoms with van der Waals surface area (Å²) >= 11 is 5.94. The van der Waals surface area contributed by atoms with Gasteiger partial charge in [-0.3, -0.25) is 14.9 Å². The Balaban J connectivity index is 2.16. The molecule has 1 aliphatic heterocycles. The standard InChI is InChI=1S/C16H10ClNO2/c17-11-5-3-4-10(8-11)9-14-12-6-1-2-7-13(12)15(19)18-16(14)20/h1-9H,(H,18,19,20)/b14-9-. The summed E-state index contributed by atoms with van der Waals surface area (Å²) in [5, 5.41) is 2.94. The highest BCUT2D eigenvalue weighted by Gasteiger charge is 2.26. The molecule has 0 unspecified atom stereocenters. The lowest BCUT2D eigenvalue weighted by Gasteiger charge is -2.18. The van der Waals surface area contributed by atoms with Gasteiger partial charge in [0.05, 0.1) is 0 Å². The Morgan fingerprint density at radius 3 is 2.40 bits per heavy atom. The van der Waals surface area contributed by atoms with E-state index < -0.39 is 5.91 Å². The highest BCUT2D eigenvalue weighted by molar-refractivity contribution is 6.34. The molecule has 20 heavy (non-hydrogen) atoms. The third kappa shape index (κ3) is 2.24. The fourth-order valence-electron chi connectivity index (χ4n) is 2.18. The minimum atomic E-state index is -0.395. The van der Waals surface area contributed by atoms with Gasteiger partial charge in [0.15, 0.2) is 0 Å². The molecule has 0 aromatic heterocycles. The van der Waals surface area contributed by atoms with Crippen LogP contribution in [0.25, 0.3) is 11.6 Å². The second kappa shape index (κ2) is 4.94. The molecule has 1 heterocycles. The second-order valence-corrected chi connectivity index (χ2v) is 4.88. The van der Waals surface area contributed by atoms with E-state index in [9.17, 15) is 9.59 Å². The van der Waals surface area contributed by atoms with Crippen molar-refractivity contribution < 1.29 is 9.59 Å². The first-order chi connectivity index (χ1) is 9.65. The van der Waals surface area contributed by atoms with Gasteiger partial charge in [-0.15, -0.1) is 0 Å². The van der Waals surface area contributed by atoms with Gasteiger partial charge in [0.1, 0.15) is 0 Å². The number of rotatable bonds is 1. The van der Waals surface area contributed by atoms with Gasteiger partial charge >= 0.3 is 0 Å². The van der Waals surface area contributed by atoms with Gasteiger partial charge in [-0.1, -0.05) is 41.9 Å². The fourth-order valence-corrected chi connectivity index (χ4v) is 2.38. The van der Waals surface area contributed by atoms with E-state index in [2.05, 4.69) is 5.32 Å². The Labute approximate surface area is 120 Å². The SMILES string of the molecule is O=C1NC(=O)c2ccccc2/C1=C/c1cccc(Cl)c1. The first kappa shape index (κ1) is 12.6. The van der Waals surface area contributed by atoms with Crippen molar-refractivity contribution in [3.05, 3.63) is 70.2 Å². The van der Waals surface area contributed by atoms with Crippen LogP contribution in [0.3, 0.4) is 0 Å². The van der Waals surface area contributed by atoms with Gasteiger partial charge in [-0.2, -0.15) is 0 Å². The first-order valence-corrected chi connectivity index (χ1v) is 6.45. The lowest BCUT2D eigenvalue weighted by molar-refractivity contribution is -0.114. The third-order valence-electron chi connectivity index (χ3n) is 3.09. The van der Waals surface area contributed by atoms with E-state index in [4.69, 9.17) is 11.6 Å². The molecule has 3 nitrogen and oxygen atoms in total. The summed E-state index contributed by atoms with van der Waals surface area (Å²) in [6, 6.07) is 14.2. The van der Waals surface area contributed by atoms with Gasteiger partial charge in [-0.25, -0.2) is 0 Å². The number of amides is 2. The van der Waals surface area contributed by atoms with Crippen molar-refractivity contribution in [1.82, 2.24) is 5.32 Å². The normalized spacial score (nSPS) is 15.9. The molecule has 2 aromatic carbocycles. The number of halogens is 1. The van der Waals surface area contributed by atoms with Crippen molar-refractivity contribution in [1.29, 1.82) is 0 Å². The van der Waals surface area contributed by atoms with Crippen LogP contribution in [-0.4, -0.2) is 11.8 Å². The minimum Gasteiger partial charge on any atom is -0.288 e. The van der Waals surface area contributed by atoms with Crippen LogP contribution in [0.5, 0.6) is 0 Å². The first-order valence-electron chi connectivity index (χ1n) is 6.07. The zero-order valence-electron chi connectivity index (χ0n) is 10.4. The molecule has 98 valence electrons. The highest BCUT2D eigenvalue weighted by Crippen LogP contribution is 2.26. The van der Waals surface area contributed by atoms with Crippen LogP contribution in [0.1, 0.15) is 21.5 Å². The summed E-state index contributed by atoms with van der Waals surface area (Å²) in [6.07, 6.45) is 1.73. The Bertz CT molecular complexity index is 750. The predicted molar refractivity (Wildman–Crippen MR) is 78.2 cm³/mol. The Morgan fingerprint density at radius 2 is 1.65 bits per heavy atom. The van der Waals surface area contributed by atoms with Crippen LogP contribution in [0.2, 0.25) is 5.02 Å². The van der Waals surface area contributed by atoms with Gasteiger partial charge in [-0.05, 0) is 35.4 Å². The quantitative estimate of drug-likeness (QED) is 0.645. The van der Waals surface area contributed by atoms with Crippen molar-refractivity contribution in [2.24, 2.45) is 0 Å². The monoisotopic (exact) mass is 283 g/mol. The van der Waals surface area contributed by atoms with Gasteiger partial charge in [0.25, 0.3) is 11.8 Å². The number of benzene rings is 2. The lowest BCUT2D eigenvalue weighted by Crippen LogP contribution is -2.36. The van der Waals surface area contributed by atoms with Crippen LogP contribution >= 0.6 is 11.6 Å². The summed E-state index contributed by atoms with van der Waals surface area (Å²) in [5.74, 6) is -0.762. The van der Waals surface area contributed by atoms with E-state index in [-0.39, 0.29) is 5.91 Å². The number of carbonyl (C=O) groups excluding carboxylic acids is 2. The molecular formula is C16H10ClNO2. The Morgan fingerprint density at radius 1 is 0.900 bits per heavy atom. The van der Waals surface area contributed by atoms with Crippen molar-refractivity contribution in [3.63, 3.8) is 0 Å². The van der Waals surface area contributed by atoms with Crippen molar-refractivity contribution >= 4 is 35.1 Å². The molecule has 0 aliphatic carbocycles. The van der Waals surface area contributed by atoms with E-state index in [0.29, 0.717) is 21.7 Å². The molecule has 2 amide bonds. The lowest BCUT2D eigenvalue weighted by atomic mass is 9.93. The third-order valence-corrected chi connectivity index (χ3v) is 3.33. The fraction of sp³-hybridized carbons (Fsp3) is 0. The summed E-state index contributed by atoms with van der Waals surface area (Å²) in [7, 11) is 0. The Kier molecular flexibility index (Phi) is 3.12. The minimum absolute atomic E-state index is 0.367. The van der Waals surface area contributed by atoms with E-state index >= 15 is 0 Å². The molecule has 2 aromatic rings. The average molecular weight is 284 g/mol. The molecule has 1 aliphatic rings. The van der Waals surface area contributed by atoms with Gasteiger partial charge < -0.3 is 0 Å². The summed E-state index contributed by atoms with van der Waals surface area (Å²) in [6.45, 7) is 0. The van der Waals surface area contributed by atoms with E-state index in [1.807, 2.05) is 12.1 Å². The zero-order valence-corrected chi connectivity index (χ0v) is 11.1. The predicted octanol–water partition coefficient (Wildman–Crippen LogP) is 3.15. The molecule has 0 saturated heterocycles. The Hall–Kier alpha value is -2.39. The van der Waals surface area contributed by atoms with Gasteiger partial charge in [0.2, 0.25) is 0 Å². The van der Waals surface area contributed by atoms with E-state index in [1.165, 1.54) is 0 Å². The van der Waals surface area contributed by atoms with Gasteiger partial charge in [0, 0.05) is 16.2 Å². The van der Waals surface area contributed by atoms with Crippen molar-refractivity contribution in [2.75, 3.05) is 0 Å². The summed E-state index contributed by atoms with van der Waals surface area (Å²) in [4.78, 5) is 23.8. The largest absolute Gasteiger partial charge is 0.288 e. The molecule has 0 bridgehead atoms. The topological polar surface area (TPSA) is 46.2 Å². The summed E-state index contributed by atoms with van der Waals surface area (Å²) in [5.41, 5.74) is 2.41. The van der Waals surface area contributed by atoms with E-state index in [0.717, 1.165) is 5.56 Å². The zero-order chi connectivity index (χ0) is 14.1. The maximum Gasteiger partial charge on any atom is 0.258 e. The molecule has 0 atom stereocenters. The molecule has 0 saturated carbocycles. The number of hydrogen-bond donors (Lipinski definition) is 1. The maximum atomic E-state index is 12.0. The van der Waals surface area contributed by atoms with Crippen molar-refractivity contribution in [3.8, 4) is 0 Å². The number of fused-ring (bicyclic) bond motifs is 1. The highest BCUT2D eigenvalue weighted by atomic mass is 35.5. The number of imide groups is 1.